The van der Waals surface area contributed by atoms with Crippen LogP contribution in [0, 0.1) is 20.2 Å². The molecule has 0 spiro atoms. The Morgan fingerprint density at radius 1 is 1.25 bits per heavy atom. The molecule has 0 heterocycles. The molecule has 16 heavy (non-hydrogen) atoms. The molecule has 2 rings (SSSR count). The quantitative estimate of drug-likeness (QED) is 0.463. The van der Waals surface area contributed by atoms with E-state index >= 15 is 0 Å². The third-order valence-corrected chi connectivity index (χ3v) is 3.02. The van der Waals surface area contributed by atoms with Gasteiger partial charge in [-0.1, -0.05) is 0 Å². The van der Waals surface area contributed by atoms with Gasteiger partial charge in [-0.25, -0.2) is 0 Å². The summed E-state index contributed by atoms with van der Waals surface area (Å²) in [5.74, 6) is -0.0529. The summed E-state index contributed by atoms with van der Waals surface area (Å²) >= 11 is 5.81. The second-order valence-corrected chi connectivity index (χ2v) is 4.18. The molecule has 6 nitrogen and oxygen atoms in total. The fraction of sp³-hybridized carbons (Fsp3) is 0.333. The summed E-state index contributed by atoms with van der Waals surface area (Å²) in [5.41, 5.74) is -0.0137. The Bertz CT molecular complexity index is 477. The molecule has 1 aliphatic carbocycles. The standard InChI is InChI=1S/C9H7ClN2O4/c10-8-4-7(8)6-2-1-5(11(13)14)3-9(6)12(15)16/h1-3,7-8H,4H2/t7-,8-/m0/s1. The number of nitrogens with zero attached hydrogens (tertiary/aromatic N) is 2. The molecule has 7 heteroatoms. The predicted octanol–water partition coefficient (Wildman–Crippen LogP) is 2.60. The Balaban J connectivity index is 2.45. The van der Waals surface area contributed by atoms with E-state index in [2.05, 4.69) is 0 Å². The van der Waals surface area contributed by atoms with Crippen LogP contribution in [0.25, 0.3) is 0 Å². The SMILES string of the molecule is O=[N+]([O-])c1ccc([C@@H]2C[C@@H]2Cl)c([N+](=O)[O-])c1. The third-order valence-electron chi connectivity index (χ3n) is 2.53. The first-order valence-corrected chi connectivity index (χ1v) is 5.01. The van der Waals surface area contributed by atoms with Crippen LogP contribution in [0.15, 0.2) is 18.2 Å². The Kier molecular flexibility index (Phi) is 2.51. The zero-order chi connectivity index (χ0) is 11.9. The maximum atomic E-state index is 10.8. The van der Waals surface area contributed by atoms with Crippen LogP contribution in [-0.2, 0) is 0 Å². The summed E-state index contributed by atoms with van der Waals surface area (Å²) in [7, 11) is 0. The van der Waals surface area contributed by atoms with Gasteiger partial charge < -0.3 is 0 Å². The third kappa shape index (κ3) is 1.83. The minimum absolute atomic E-state index is 0.0529. The molecule has 0 amide bonds. The van der Waals surface area contributed by atoms with E-state index in [0.717, 1.165) is 6.07 Å². The number of nitro benzene ring substituents is 2. The number of nitro groups is 2. The van der Waals surface area contributed by atoms with Gasteiger partial charge in [-0.2, -0.15) is 0 Å². The van der Waals surface area contributed by atoms with Crippen molar-refractivity contribution in [1.82, 2.24) is 0 Å². The summed E-state index contributed by atoms with van der Waals surface area (Å²) in [6.45, 7) is 0. The molecule has 0 N–H and O–H groups in total. The second kappa shape index (κ2) is 3.71. The summed E-state index contributed by atoms with van der Waals surface area (Å²) in [6, 6.07) is 3.67. The van der Waals surface area contributed by atoms with Crippen molar-refractivity contribution in [2.45, 2.75) is 17.7 Å². The van der Waals surface area contributed by atoms with E-state index in [-0.39, 0.29) is 22.7 Å². The van der Waals surface area contributed by atoms with Crippen LogP contribution < -0.4 is 0 Å². The fourth-order valence-electron chi connectivity index (χ4n) is 1.60. The number of rotatable bonds is 3. The van der Waals surface area contributed by atoms with Crippen molar-refractivity contribution in [2.24, 2.45) is 0 Å². The Hall–Kier alpha value is -1.69. The lowest BCUT2D eigenvalue weighted by Crippen LogP contribution is -1.97. The van der Waals surface area contributed by atoms with Crippen LogP contribution in [0.2, 0.25) is 0 Å². The number of non-ortho nitro benzene ring substituents is 1. The molecule has 0 unspecified atom stereocenters. The van der Waals surface area contributed by atoms with Gasteiger partial charge in [0.1, 0.15) is 0 Å². The van der Waals surface area contributed by atoms with Gasteiger partial charge in [0.05, 0.1) is 15.9 Å². The maximum absolute atomic E-state index is 10.8. The van der Waals surface area contributed by atoms with Crippen molar-refractivity contribution in [3.63, 3.8) is 0 Å². The van der Waals surface area contributed by atoms with Crippen LogP contribution in [0.5, 0.6) is 0 Å². The van der Waals surface area contributed by atoms with Crippen LogP contribution in [0.3, 0.4) is 0 Å². The van der Waals surface area contributed by atoms with E-state index in [1.807, 2.05) is 0 Å². The molecule has 0 aliphatic heterocycles. The Morgan fingerprint density at radius 2 is 1.88 bits per heavy atom. The Labute approximate surface area is 95.1 Å². The van der Waals surface area contributed by atoms with E-state index in [1.165, 1.54) is 12.1 Å². The number of hydrogen-bond acceptors (Lipinski definition) is 4. The van der Waals surface area contributed by atoms with Crippen molar-refractivity contribution >= 4 is 23.0 Å². The molecule has 84 valence electrons. The second-order valence-electron chi connectivity index (χ2n) is 3.62. The number of alkyl halides is 1. The molecule has 1 aromatic rings. The maximum Gasteiger partial charge on any atom is 0.279 e. The molecule has 0 aromatic heterocycles. The van der Waals surface area contributed by atoms with Crippen LogP contribution in [-0.4, -0.2) is 15.2 Å². The molecule has 0 radical (unpaired) electrons. The first-order valence-electron chi connectivity index (χ1n) is 4.57. The fourth-order valence-corrected chi connectivity index (χ4v) is 1.93. The normalized spacial score (nSPS) is 22.8. The Morgan fingerprint density at radius 3 is 2.31 bits per heavy atom. The highest BCUT2D eigenvalue weighted by molar-refractivity contribution is 6.23. The van der Waals surface area contributed by atoms with Crippen LogP contribution >= 0.6 is 11.6 Å². The average Bonchev–Trinajstić information content (AvgIpc) is 2.94. The molecule has 0 saturated heterocycles. The van der Waals surface area contributed by atoms with Crippen LogP contribution in [0.1, 0.15) is 17.9 Å². The molecule has 2 atom stereocenters. The van der Waals surface area contributed by atoms with Gasteiger partial charge in [-0.3, -0.25) is 20.2 Å². The van der Waals surface area contributed by atoms with E-state index in [0.29, 0.717) is 12.0 Å². The highest BCUT2D eigenvalue weighted by atomic mass is 35.5. The van der Waals surface area contributed by atoms with Gasteiger partial charge in [-0.15, -0.1) is 11.6 Å². The minimum atomic E-state index is -0.651. The number of benzene rings is 1. The van der Waals surface area contributed by atoms with Gasteiger partial charge in [-0.05, 0) is 12.5 Å². The lowest BCUT2D eigenvalue weighted by atomic mass is 10.1. The van der Waals surface area contributed by atoms with E-state index < -0.39 is 9.85 Å². The first kappa shape index (κ1) is 10.8. The van der Waals surface area contributed by atoms with Crippen LogP contribution in [0.4, 0.5) is 11.4 Å². The van der Waals surface area contributed by atoms with Crippen molar-refractivity contribution < 1.29 is 9.85 Å². The van der Waals surface area contributed by atoms with Crippen molar-refractivity contribution in [2.75, 3.05) is 0 Å². The van der Waals surface area contributed by atoms with Gasteiger partial charge in [0, 0.05) is 22.9 Å². The first-order chi connectivity index (χ1) is 7.50. The van der Waals surface area contributed by atoms with E-state index in [4.69, 9.17) is 11.6 Å². The van der Waals surface area contributed by atoms with E-state index in [1.54, 1.807) is 0 Å². The topological polar surface area (TPSA) is 86.3 Å². The molecule has 1 fully saturated rings. The highest BCUT2D eigenvalue weighted by Gasteiger charge is 2.41. The zero-order valence-electron chi connectivity index (χ0n) is 8.00. The molecular weight excluding hydrogens is 236 g/mol. The summed E-state index contributed by atoms with van der Waals surface area (Å²) in [4.78, 5) is 20.0. The zero-order valence-corrected chi connectivity index (χ0v) is 8.76. The predicted molar refractivity (Wildman–Crippen MR) is 56.7 cm³/mol. The molecular formula is C9H7ClN2O4. The number of hydrogen-bond donors (Lipinski definition) is 0. The highest BCUT2D eigenvalue weighted by Crippen LogP contribution is 2.48. The summed E-state index contributed by atoms with van der Waals surface area (Å²) in [5, 5.41) is 21.2. The smallest absolute Gasteiger partial charge is 0.258 e. The van der Waals surface area contributed by atoms with Gasteiger partial charge in [0.2, 0.25) is 0 Å². The lowest BCUT2D eigenvalue weighted by Gasteiger charge is -2.00. The van der Waals surface area contributed by atoms with E-state index in [9.17, 15) is 20.2 Å². The molecule has 1 saturated carbocycles. The number of halogens is 1. The van der Waals surface area contributed by atoms with Crippen molar-refractivity contribution in [3.05, 3.63) is 44.0 Å². The van der Waals surface area contributed by atoms with Gasteiger partial charge in [0.25, 0.3) is 11.4 Å². The summed E-state index contributed by atoms with van der Waals surface area (Å²) < 4.78 is 0. The largest absolute Gasteiger partial charge is 0.279 e. The molecule has 1 aliphatic rings. The minimum Gasteiger partial charge on any atom is -0.258 e. The molecule has 0 bridgehead atoms. The monoisotopic (exact) mass is 242 g/mol. The average molecular weight is 243 g/mol. The lowest BCUT2D eigenvalue weighted by molar-refractivity contribution is -0.394. The molecule has 1 aromatic carbocycles. The van der Waals surface area contributed by atoms with Gasteiger partial charge >= 0.3 is 0 Å². The van der Waals surface area contributed by atoms with Gasteiger partial charge in [0.15, 0.2) is 0 Å². The van der Waals surface area contributed by atoms with Crippen molar-refractivity contribution in [1.29, 1.82) is 0 Å². The summed E-state index contributed by atoms with van der Waals surface area (Å²) in [6.07, 6.45) is 0.681. The van der Waals surface area contributed by atoms with Crippen molar-refractivity contribution in [3.8, 4) is 0 Å².